The lowest BCUT2D eigenvalue weighted by atomic mass is 10.4. The molecule has 1 aromatic carbocycles. The molecule has 106 valence electrons. The minimum atomic E-state index is -3.55. The van der Waals surface area contributed by atoms with Crippen molar-refractivity contribution in [2.75, 3.05) is 7.11 Å². The molecular weight excluding hydrogens is 366 g/mol. The Bertz CT molecular complexity index is 734. The van der Waals surface area contributed by atoms with E-state index in [0.29, 0.717) is 16.0 Å². The van der Waals surface area contributed by atoms with Gasteiger partial charge in [0.25, 0.3) is 0 Å². The van der Waals surface area contributed by atoms with Crippen molar-refractivity contribution in [1.82, 2.24) is 4.98 Å². The van der Waals surface area contributed by atoms with Crippen molar-refractivity contribution in [3.63, 3.8) is 0 Å². The van der Waals surface area contributed by atoms with E-state index in [9.17, 15) is 8.42 Å². The zero-order chi connectivity index (χ0) is 14.8. The summed E-state index contributed by atoms with van der Waals surface area (Å²) >= 11 is 9.20. The Hall–Kier alpha value is -1.11. The van der Waals surface area contributed by atoms with Crippen LogP contribution in [-0.4, -0.2) is 20.5 Å². The summed E-state index contributed by atoms with van der Waals surface area (Å²) in [5.74, 6) is 0.109. The molecule has 0 bridgehead atoms. The second-order valence-electron chi connectivity index (χ2n) is 3.98. The monoisotopic (exact) mass is 375 g/mol. The third-order valence-corrected chi connectivity index (χ3v) is 5.32. The maximum Gasteiger partial charge on any atom is 0.227 e. The Kier molecular flexibility index (Phi) is 4.67. The van der Waals surface area contributed by atoms with Crippen LogP contribution in [0, 0.1) is 0 Å². The van der Waals surface area contributed by atoms with Gasteiger partial charge in [-0.1, -0.05) is 23.7 Å². The van der Waals surface area contributed by atoms with Gasteiger partial charge in [-0.3, -0.25) is 0 Å². The number of hydrogen-bond donors (Lipinski definition) is 0. The van der Waals surface area contributed by atoms with Crippen LogP contribution < -0.4 is 4.74 Å². The molecule has 0 spiro atoms. The van der Waals surface area contributed by atoms with Crippen LogP contribution in [0.1, 0.15) is 5.69 Å². The summed E-state index contributed by atoms with van der Waals surface area (Å²) in [6.45, 7) is 0. The minimum absolute atomic E-state index is 0.102. The van der Waals surface area contributed by atoms with E-state index in [1.807, 2.05) is 0 Å². The summed E-state index contributed by atoms with van der Waals surface area (Å²) in [4.78, 5) is 4.24. The van der Waals surface area contributed by atoms with Crippen LogP contribution in [0.15, 0.2) is 45.8 Å². The molecule has 1 aromatic heterocycles. The van der Waals surface area contributed by atoms with Gasteiger partial charge in [0.2, 0.25) is 5.88 Å². The number of nitrogens with zero attached hydrogens (tertiary/aromatic N) is 1. The molecule has 0 radical (unpaired) electrons. The highest BCUT2D eigenvalue weighted by molar-refractivity contribution is 9.10. The maximum absolute atomic E-state index is 12.3. The van der Waals surface area contributed by atoms with Gasteiger partial charge >= 0.3 is 0 Å². The second-order valence-corrected chi connectivity index (χ2v) is 7.20. The number of rotatable bonds is 4. The standard InChI is InChI=1S/C13H11BrClNO3S/c1-19-13-10(14)7-6-9(16-13)8-20(17,18)12-5-3-2-4-11(12)15/h2-7H,8H2,1H3. The van der Waals surface area contributed by atoms with Crippen LogP contribution in [0.4, 0.5) is 0 Å². The number of ether oxygens (including phenoxy) is 1. The zero-order valence-corrected chi connectivity index (χ0v) is 13.7. The summed E-state index contributed by atoms with van der Waals surface area (Å²) in [5, 5.41) is 0.205. The van der Waals surface area contributed by atoms with Crippen LogP contribution in [0.5, 0.6) is 5.88 Å². The first-order valence-corrected chi connectivity index (χ1v) is 8.43. The van der Waals surface area contributed by atoms with Crippen molar-refractivity contribution >= 4 is 37.4 Å². The number of sulfone groups is 1. The second kappa shape index (κ2) is 6.11. The predicted molar refractivity (Wildman–Crippen MR) is 80.8 cm³/mol. The fourth-order valence-corrected chi connectivity index (χ4v) is 3.88. The molecule has 0 saturated carbocycles. The van der Waals surface area contributed by atoms with Gasteiger partial charge in [-0.25, -0.2) is 13.4 Å². The lowest BCUT2D eigenvalue weighted by Gasteiger charge is -2.08. The summed E-state index contributed by atoms with van der Waals surface area (Å²) in [7, 11) is -2.08. The van der Waals surface area contributed by atoms with Gasteiger partial charge in [-0.2, -0.15) is 0 Å². The number of hydrogen-bond acceptors (Lipinski definition) is 4. The molecule has 7 heteroatoms. The Morgan fingerprint density at radius 3 is 2.60 bits per heavy atom. The number of halogens is 2. The molecule has 0 fully saturated rings. The van der Waals surface area contributed by atoms with E-state index in [0.717, 1.165) is 0 Å². The molecular formula is C13H11BrClNO3S. The van der Waals surface area contributed by atoms with E-state index in [2.05, 4.69) is 20.9 Å². The largest absolute Gasteiger partial charge is 0.480 e. The lowest BCUT2D eigenvalue weighted by Crippen LogP contribution is -2.07. The van der Waals surface area contributed by atoms with E-state index in [1.165, 1.54) is 13.2 Å². The van der Waals surface area contributed by atoms with Gasteiger partial charge in [-0.15, -0.1) is 0 Å². The molecule has 0 N–H and O–H groups in total. The van der Waals surface area contributed by atoms with E-state index in [-0.39, 0.29) is 15.7 Å². The van der Waals surface area contributed by atoms with E-state index >= 15 is 0 Å². The molecule has 0 aliphatic rings. The smallest absolute Gasteiger partial charge is 0.227 e. The number of aromatic nitrogens is 1. The van der Waals surface area contributed by atoms with Crippen molar-refractivity contribution in [2.45, 2.75) is 10.6 Å². The van der Waals surface area contributed by atoms with Gasteiger partial charge in [0.15, 0.2) is 9.84 Å². The summed E-state index contributed by atoms with van der Waals surface area (Å²) in [6.07, 6.45) is 0. The Morgan fingerprint density at radius 2 is 1.95 bits per heavy atom. The van der Waals surface area contributed by atoms with Crippen molar-refractivity contribution in [1.29, 1.82) is 0 Å². The number of methoxy groups -OCH3 is 1. The summed E-state index contributed by atoms with van der Waals surface area (Å²) < 4.78 is 30.4. The third-order valence-electron chi connectivity index (χ3n) is 2.57. The van der Waals surface area contributed by atoms with E-state index in [1.54, 1.807) is 30.3 Å². The van der Waals surface area contributed by atoms with Crippen LogP contribution in [0.25, 0.3) is 0 Å². The topological polar surface area (TPSA) is 56.3 Å². The van der Waals surface area contributed by atoms with Gasteiger partial charge in [0.1, 0.15) is 0 Å². The molecule has 0 atom stereocenters. The maximum atomic E-state index is 12.3. The fourth-order valence-electron chi connectivity index (χ4n) is 1.65. The molecule has 2 rings (SSSR count). The molecule has 20 heavy (non-hydrogen) atoms. The number of pyridine rings is 1. The molecule has 0 aliphatic carbocycles. The molecule has 0 amide bonds. The SMILES string of the molecule is COc1nc(CS(=O)(=O)c2ccccc2Cl)ccc1Br. The van der Waals surface area contributed by atoms with Crippen molar-refractivity contribution < 1.29 is 13.2 Å². The van der Waals surface area contributed by atoms with Gasteiger partial charge in [0, 0.05) is 0 Å². The molecule has 0 aliphatic heterocycles. The van der Waals surface area contributed by atoms with Crippen LogP contribution in [0.3, 0.4) is 0 Å². The van der Waals surface area contributed by atoms with Crippen LogP contribution in [0.2, 0.25) is 5.02 Å². The first kappa shape index (κ1) is 15.3. The molecule has 2 aromatic rings. The highest BCUT2D eigenvalue weighted by Crippen LogP contribution is 2.26. The Balaban J connectivity index is 2.36. The average molecular weight is 377 g/mol. The first-order valence-electron chi connectivity index (χ1n) is 5.61. The third kappa shape index (κ3) is 3.31. The fraction of sp³-hybridized carbons (Fsp3) is 0.154. The minimum Gasteiger partial charge on any atom is -0.480 e. The Morgan fingerprint density at radius 1 is 1.25 bits per heavy atom. The summed E-state index contributed by atoms with van der Waals surface area (Å²) in [6, 6.07) is 9.67. The quantitative estimate of drug-likeness (QED) is 0.820. The van der Waals surface area contributed by atoms with Crippen molar-refractivity contribution in [3.05, 3.63) is 51.6 Å². The van der Waals surface area contributed by atoms with Crippen LogP contribution in [-0.2, 0) is 15.6 Å². The van der Waals surface area contributed by atoms with Gasteiger partial charge < -0.3 is 4.74 Å². The van der Waals surface area contributed by atoms with Crippen molar-refractivity contribution in [2.24, 2.45) is 0 Å². The highest BCUT2D eigenvalue weighted by atomic mass is 79.9. The Labute approximate surface area is 130 Å². The normalized spacial score (nSPS) is 11.3. The highest BCUT2D eigenvalue weighted by Gasteiger charge is 2.19. The van der Waals surface area contributed by atoms with E-state index < -0.39 is 9.84 Å². The first-order chi connectivity index (χ1) is 9.44. The number of benzene rings is 1. The zero-order valence-electron chi connectivity index (χ0n) is 10.5. The van der Waals surface area contributed by atoms with Crippen molar-refractivity contribution in [3.8, 4) is 5.88 Å². The lowest BCUT2D eigenvalue weighted by molar-refractivity contribution is 0.394. The average Bonchev–Trinajstić information content (AvgIpc) is 2.41. The van der Waals surface area contributed by atoms with Crippen LogP contribution >= 0.6 is 27.5 Å². The molecule has 0 saturated heterocycles. The van der Waals surface area contributed by atoms with Gasteiger partial charge in [0.05, 0.1) is 32.9 Å². The molecule has 4 nitrogen and oxygen atoms in total. The predicted octanol–water partition coefficient (Wildman–Crippen LogP) is 3.48. The summed E-state index contributed by atoms with van der Waals surface area (Å²) in [5.41, 5.74) is 0.393. The van der Waals surface area contributed by atoms with Gasteiger partial charge in [-0.05, 0) is 40.2 Å². The van der Waals surface area contributed by atoms with E-state index in [4.69, 9.17) is 16.3 Å². The molecule has 1 heterocycles. The molecule has 0 unspecified atom stereocenters.